The minimum absolute atomic E-state index is 0.00715. The fraction of sp³-hybridized carbons (Fsp3) is 0.188. The lowest BCUT2D eigenvalue weighted by molar-refractivity contribution is 0.102. The second-order valence-electron chi connectivity index (χ2n) is 4.49. The van der Waals surface area contributed by atoms with E-state index in [-0.39, 0.29) is 18.4 Å². The van der Waals surface area contributed by atoms with Crippen molar-refractivity contribution in [3.8, 4) is 0 Å². The molecule has 0 spiro atoms. The summed E-state index contributed by atoms with van der Waals surface area (Å²) in [5, 5.41) is 12.1. The number of hydrogen-bond donors (Lipinski definition) is 2. The quantitative estimate of drug-likeness (QED) is 0.882. The lowest BCUT2D eigenvalue weighted by Gasteiger charge is -2.15. The molecule has 0 radical (unpaired) electrons. The molecule has 3 heteroatoms. The molecule has 0 aliphatic heterocycles. The molecule has 19 heavy (non-hydrogen) atoms. The van der Waals surface area contributed by atoms with Crippen LogP contribution in [0, 0.1) is 0 Å². The average Bonchev–Trinajstić information content (AvgIpc) is 2.48. The summed E-state index contributed by atoms with van der Waals surface area (Å²) in [6.45, 7) is 1.98. The van der Waals surface area contributed by atoms with E-state index in [9.17, 15) is 9.90 Å². The highest BCUT2D eigenvalue weighted by Crippen LogP contribution is 2.24. The zero-order chi connectivity index (χ0) is 13.7. The molecule has 0 aliphatic carbocycles. The van der Waals surface area contributed by atoms with E-state index < -0.39 is 0 Å². The van der Waals surface area contributed by atoms with Crippen molar-refractivity contribution in [3.05, 3.63) is 65.7 Å². The Bertz CT molecular complexity index is 552. The second-order valence-corrected chi connectivity index (χ2v) is 4.49. The van der Waals surface area contributed by atoms with Gasteiger partial charge >= 0.3 is 0 Å². The molecule has 1 atom stereocenters. The molecule has 0 heterocycles. The number of rotatable bonds is 4. The van der Waals surface area contributed by atoms with Gasteiger partial charge in [-0.05, 0) is 23.8 Å². The fourth-order valence-electron chi connectivity index (χ4n) is 1.92. The summed E-state index contributed by atoms with van der Waals surface area (Å²) < 4.78 is 0. The zero-order valence-corrected chi connectivity index (χ0v) is 10.8. The van der Waals surface area contributed by atoms with Gasteiger partial charge in [0, 0.05) is 23.8 Å². The number of para-hydroxylation sites is 1. The smallest absolute Gasteiger partial charge is 0.255 e. The van der Waals surface area contributed by atoms with Gasteiger partial charge in [-0.3, -0.25) is 4.79 Å². The Labute approximate surface area is 112 Å². The third kappa shape index (κ3) is 3.20. The minimum atomic E-state index is -0.141. The molecule has 2 aromatic rings. The molecule has 1 amide bonds. The van der Waals surface area contributed by atoms with E-state index in [4.69, 9.17) is 0 Å². The van der Waals surface area contributed by atoms with Gasteiger partial charge in [0.25, 0.3) is 5.91 Å². The van der Waals surface area contributed by atoms with Crippen molar-refractivity contribution in [2.45, 2.75) is 12.8 Å². The number of hydrogen-bond acceptors (Lipinski definition) is 2. The van der Waals surface area contributed by atoms with Crippen molar-refractivity contribution in [1.82, 2.24) is 0 Å². The van der Waals surface area contributed by atoms with Gasteiger partial charge < -0.3 is 10.4 Å². The predicted octanol–water partition coefficient (Wildman–Crippen LogP) is 3.03. The van der Waals surface area contributed by atoms with Crippen LogP contribution in [0.5, 0.6) is 0 Å². The van der Waals surface area contributed by atoms with Crippen molar-refractivity contribution in [2.75, 3.05) is 11.9 Å². The number of anilines is 1. The molecule has 3 nitrogen and oxygen atoms in total. The summed E-state index contributed by atoms with van der Waals surface area (Å²) in [4.78, 5) is 12.1. The summed E-state index contributed by atoms with van der Waals surface area (Å²) in [5.41, 5.74) is 2.31. The Morgan fingerprint density at radius 1 is 1.11 bits per heavy atom. The Hall–Kier alpha value is -2.13. The molecular formula is C16H17NO2. The molecule has 0 bridgehead atoms. The Morgan fingerprint density at radius 3 is 2.42 bits per heavy atom. The van der Waals surface area contributed by atoms with Crippen LogP contribution in [-0.4, -0.2) is 17.6 Å². The van der Waals surface area contributed by atoms with E-state index >= 15 is 0 Å². The van der Waals surface area contributed by atoms with Crippen molar-refractivity contribution in [2.24, 2.45) is 0 Å². The highest BCUT2D eigenvalue weighted by molar-refractivity contribution is 6.04. The monoisotopic (exact) mass is 255 g/mol. The minimum Gasteiger partial charge on any atom is -0.396 e. The normalized spacial score (nSPS) is 11.9. The highest BCUT2D eigenvalue weighted by Gasteiger charge is 2.12. The maximum absolute atomic E-state index is 12.1. The third-order valence-corrected chi connectivity index (χ3v) is 3.05. The number of amides is 1. The first kappa shape index (κ1) is 13.3. The topological polar surface area (TPSA) is 49.3 Å². The summed E-state index contributed by atoms with van der Waals surface area (Å²) >= 11 is 0. The summed E-state index contributed by atoms with van der Waals surface area (Å²) in [6.07, 6.45) is 0. The van der Waals surface area contributed by atoms with Crippen molar-refractivity contribution < 1.29 is 9.90 Å². The lowest BCUT2D eigenvalue weighted by atomic mass is 10.00. The van der Waals surface area contributed by atoms with Gasteiger partial charge in [0.2, 0.25) is 0 Å². The van der Waals surface area contributed by atoms with Crippen LogP contribution in [0.2, 0.25) is 0 Å². The molecule has 1 unspecified atom stereocenters. The third-order valence-electron chi connectivity index (χ3n) is 3.05. The van der Waals surface area contributed by atoms with Crippen LogP contribution in [0.3, 0.4) is 0 Å². The van der Waals surface area contributed by atoms with Gasteiger partial charge in [-0.1, -0.05) is 43.3 Å². The number of nitrogens with one attached hydrogen (secondary N) is 1. The van der Waals surface area contributed by atoms with Gasteiger partial charge in [-0.2, -0.15) is 0 Å². The second kappa shape index (κ2) is 6.16. The molecule has 0 aliphatic rings. The molecule has 0 aromatic heterocycles. The van der Waals surface area contributed by atoms with Crippen LogP contribution in [0.25, 0.3) is 0 Å². The molecule has 0 saturated carbocycles. The number of aliphatic hydroxyl groups excluding tert-OH is 1. The van der Waals surface area contributed by atoms with E-state index in [2.05, 4.69) is 5.32 Å². The van der Waals surface area contributed by atoms with Crippen molar-refractivity contribution >= 4 is 11.6 Å². The lowest BCUT2D eigenvalue weighted by Crippen LogP contribution is -2.14. The Morgan fingerprint density at radius 2 is 1.74 bits per heavy atom. The van der Waals surface area contributed by atoms with Crippen LogP contribution in [0.1, 0.15) is 28.8 Å². The van der Waals surface area contributed by atoms with Gasteiger partial charge in [-0.15, -0.1) is 0 Å². The van der Waals surface area contributed by atoms with Crippen LogP contribution in [-0.2, 0) is 0 Å². The van der Waals surface area contributed by atoms with E-state index in [1.807, 2.05) is 49.4 Å². The van der Waals surface area contributed by atoms with Crippen LogP contribution >= 0.6 is 0 Å². The Kier molecular flexibility index (Phi) is 4.31. The number of aliphatic hydroxyl groups is 1. The van der Waals surface area contributed by atoms with E-state index in [1.54, 1.807) is 12.1 Å². The summed E-state index contributed by atoms with van der Waals surface area (Å²) in [7, 11) is 0. The standard InChI is InChI=1S/C16H17NO2/c1-12(11-18)14-9-5-6-10-15(14)17-16(19)13-7-3-2-4-8-13/h2-10,12,18H,11H2,1H3,(H,17,19). The predicted molar refractivity (Wildman–Crippen MR) is 76.3 cm³/mol. The highest BCUT2D eigenvalue weighted by atomic mass is 16.3. The molecule has 2 rings (SSSR count). The molecule has 0 fully saturated rings. The summed E-state index contributed by atoms with van der Waals surface area (Å²) in [5.74, 6) is -0.148. The maximum Gasteiger partial charge on any atom is 0.255 e. The number of carbonyl (C=O) groups is 1. The number of benzene rings is 2. The zero-order valence-electron chi connectivity index (χ0n) is 10.8. The number of carbonyl (C=O) groups excluding carboxylic acids is 1. The van der Waals surface area contributed by atoms with Crippen LogP contribution in [0.4, 0.5) is 5.69 Å². The van der Waals surface area contributed by atoms with Gasteiger partial charge in [-0.25, -0.2) is 0 Å². The Balaban J connectivity index is 2.22. The van der Waals surface area contributed by atoms with Crippen molar-refractivity contribution in [3.63, 3.8) is 0 Å². The molecule has 2 aromatic carbocycles. The molecule has 98 valence electrons. The summed E-state index contributed by atoms with van der Waals surface area (Å²) in [6, 6.07) is 16.6. The maximum atomic E-state index is 12.1. The molecule has 0 saturated heterocycles. The first-order valence-corrected chi connectivity index (χ1v) is 6.28. The van der Waals surface area contributed by atoms with E-state index in [1.165, 1.54) is 0 Å². The first-order valence-electron chi connectivity index (χ1n) is 6.28. The van der Waals surface area contributed by atoms with Crippen molar-refractivity contribution in [1.29, 1.82) is 0 Å². The van der Waals surface area contributed by atoms with E-state index in [0.29, 0.717) is 5.56 Å². The largest absolute Gasteiger partial charge is 0.396 e. The molecular weight excluding hydrogens is 238 g/mol. The molecule has 2 N–H and O–H groups in total. The SMILES string of the molecule is CC(CO)c1ccccc1NC(=O)c1ccccc1. The van der Waals surface area contributed by atoms with Crippen LogP contribution < -0.4 is 5.32 Å². The van der Waals surface area contributed by atoms with Crippen LogP contribution in [0.15, 0.2) is 54.6 Å². The van der Waals surface area contributed by atoms with E-state index in [0.717, 1.165) is 11.3 Å². The first-order chi connectivity index (χ1) is 9.22. The van der Waals surface area contributed by atoms with Gasteiger partial charge in [0.15, 0.2) is 0 Å². The van der Waals surface area contributed by atoms with Gasteiger partial charge in [0.05, 0.1) is 0 Å². The average molecular weight is 255 g/mol. The fourth-order valence-corrected chi connectivity index (χ4v) is 1.92. The van der Waals surface area contributed by atoms with Gasteiger partial charge in [0.1, 0.15) is 0 Å².